The summed E-state index contributed by atoms with van der Waals surface area (Å²) in [7, 11) is 0. The van der Waals surface area contributed by atoms with Crippen molar-refractivity contribution in [2.45, 2.75) is 6.92 Å². The van der Waals surface area contributed by atoms with Gasteiger partial charge in [0, 0.05) is 22.3 Å². The molecular weight excluding hydrogens is 388 g/mol. The standard InChI is InChI=1S/C22H17ClN4S/c1-16(20-9-5-6-14-24-20)25-26-22-27(19-7-3-2-4-8-19)21(15-28-22)17-10-12-18(23)13-11-17/h2-15H,1H3/b25-16+,26-22-. The Hall–Kier alpha value is -3.02. The molecule has 0 atom stereocenters. The minimum atomic E-state index is 0.714. The lowest BCUT2D eigenvalue weighted by Crippen LogP contribution is -2.13. The zero-order valence-electron chi connectivity index (χ0n) is 15.2. The second-order valence-corrected chi connectivity index (χ2v) is 7.35. The Morgan fingerprint density at radius 2 is 1.71 bits per heavy atom. The van der Waals surface area contributed by atoms with Crippen molar-refractivity contribution < 1.29 is 0 Å². The van der Waals surface area contributed by atoms with Crippen LogP contribution >= 0.6 is 22.9 Å². The summed E-state index contributed by atoms with van der Waals surface area (Å²) in [6.45, 7) is 1.91. The van der Waals surface area contributed by atoms with Crippen molar-refractivity contribution in [2.75, 3.05) is 0 Å². The molecule has 2 aromatic carbocycles. The quantitative estimate of drug-likeness (QED) is 0.323. The van der Waals surface area contributed by atoms with E-state index in [2.05, 4.69) is 37.3 Å². The molecule has 0 fully saturated rings. The van der Waals surface area contributed by atoms with Crippen LogP contribution in [0, 0.1) is 0 Å². The largest absolute Gasteiger partial charge is 0.284 e. The molecule has 0 amide bonds. The van der Waals surface area contributed by atoms with E-state index >= 15 is 0 Å². The molecule has 0 unspecified atom stereocenters. The number of thiazole rings is 1. The van der Waals surface area contributed by atoms with Crippen molar-refractivity contribution in [3.05, 3.63) is 99.9 Å². The molecule has 0 saturated heterocycles. The first-order valence-corrected chi connectivity index (χ1v) is 10.00. The SMILES string of the molecule is C/C(=N\N=c1/scc(-c2ccc(Cl)cc2)n1-c1ccccc1)c1ccccn1. The van der Waals surface area contributed by atoms with Gasteiger partial charge in [0.05, 0.1) is 17.1 Å². The molecule has 28 heavy (non-hydrogen) atoms. The summed E-state index contributed by atoms with van der Waals surface area (Å²) in [6, 6.07) is 23.7. The number of para-hydroxylation sites is 1. The van der Waals surface area contributed by atoms with Crippen molar-refractivity contribution >= 4 is 28.6 Å². The molecule has 0 N–H and O–H groups in total. The molecule has 0 aliphatic carbocycles. The van der Waals surface area contributed by atoms with Crippen LogP contribution in [0.25, 0.3) is 16.9 Å². The molecule has 138 valence electrons. The number of hydrogen-bond acceptors (Lipinski definition) is 4. The molecule has 0 spiro atoms. The molecule has 2 aromatic heterocycles. The van der Waals surface area contributed by atoms with Gasteiger partial charge in [0.25, 0.3) is 0 Å². The number of hydrogen-bond donors (Lipinski definition) is 0. The molecule has 0 bridgehead atoms. The normalized spacial score (nSPS) is 12.4. The van der Waals surface area contributed by atoms with E-state index in [0.29, 0.717) is 5.02 Å². The number of pyridine rings is 1. The van der Waals surface area contributed by atoms with Crippen molar-refractivity contribution in [3.8, 4) is 16.9 Å². The molecule has 0 aliphatic heterocycles. The van der Waals surface area contributed by atoms with Gasteiger partial charge in [-0.2, -0.15) is 5.10 Å². The molecule has 0 radical (unpaired) electrons. The Labute approximate surface area is 172 Å². The van der Waals surface area contributed by atoms with Crippen molar-refractivity contribution in [1.82, 2.24) is 9.55 Å². The average molecular weight is 405 g/mol. The fourth-order valence-electron chi connectivity index (χ4n) is 2.78. The van der Waals surface area contributed by atoms with Crippen LogP contribution in [0.1, 0.15) is 12.6 Å². The Morgan fingerprint density at radius 1 is 0.964 bits per heavy atom. The maximum atomic E-state index is 6.06. The van der Waals surface area contributed by atoms with E-state index in [4.69, 9.17) is 11.6 Å². The van der Waals surface area contributed by atoms with Crippen LogP contribution in [-0.2, 0) is 0 Å². The highest BCUT2D eigenvalue weighted by atomic mass is 35.5. The smallest absolute Gasteiger partial charge is 0.215 e. The lowest BCUT2D eigenvalue weighted by atomic mass is 10.1. The van der Waals surface area contributed by atoms with Crippen LogP contribution in [0.4, 0.5) is 0 Å². The van der Waals surface area contributed by atoms with E-state index < -0.39 is 0 Å². The van der Waals surface area contributed by atoms with E-state index in [1.165, 1.54) is 0 Å². The van der Waals surface area contributed by atoms with E-state index in [1.807, 2.05) is 67.6 Å². The minimum Gasteiger partial charge on any atom is -0.284 e. The van der Waals surface area contributed by atoms with Crippen molar-refractivity contribution in [2.24, 2.45) is 10.2 Å². The average Bonchev–Trinajstić information content (AvgIpc) is 3.17. The highest BCUT2D eigenvalue weighted by molar-refractivity contribution is 7.07. The number of benzene rings is 2. The molecule has 2 heterocycles. The topological polar surface area (TPSA) is 42.5 Å². The highest BCUT2D eigenvalue weighted by Gasteiger charge is 2.10. The van der Waals surface area contributed by atoms with Gasteiger partial charge >= 0.3 is 0 Å². The minimum absolute atomic E-state index is 0.714. The molecule has 4 rings (SSSR count). The highest BCUT2D eigenvalue weighted by Crippen LogP contribution is 2.24. The summed E-state index contributed by atoms with van der Waals surface area (Å²) < 4.78 is 2.10. The van der Waals surface area contributed by atoms with Crippen LogP contribution in [0.3, 0.4) is 0 Å². The molecule has 0 saturated carbocycles. The van der Waals surface area contributed by atoms with Crippen molar-refractivity contribution in [1.29, 1.82) is 0 Å². The Morgan fingerprint density at radius 3 is 2.43 bits per heavy atom. The summed E-state index contributed by atoms with van der Waals surface area (Å²) in [4.78, 5) is 5.11. The first-order chi connectivity index (χ1) is 13.7. The van der Waals surface area contributed by atoms with Gasteiger partial charge in [-0.15, -0.1) is 16.4 Å². The van der Waals surface area contributed by atoms with Gasteiger partial charge in [-0.05, 0) is 48.9 Å². The fourth-order valence-corrected chi connectivity index (χ4v) is 3.76. The first kappa shape index (κ1) is 18.3. The summed E-state index contributed by atoms with van der Waals surface area (Å²) in [5.41, 5.74) is 4.71. The number of nitrogens with zero attached hydrogens (tertiary/aromatic N) is 4. The van der Waals surface area contributed by atoms with Gasteiger partial charge in [0.15, 0.2) is 0 Å². The second kappa shape index (κ2) is 8.33. The Bertz CT molecular complexity index is 1160. The van der Waals surface area contributed by atoms with Crippen molar-refractivity contribution in [3.63, 3.8) is 0 Å². The van der Waals surface area contributed by atoms with Gasteiger partial charge in [-0.1, -0.05) is 48.0 Å². The first-order valence-electron chi connectivity index (χ1n) is 8.74. The summed E-state index contributed by atoms with van der Waals surface area (Å²) in [6.07, 6.45) is 1.75. The molecule has 4 nitrogen and oxygen atoms in total. The predicted molar refractivity (Wildman–Crippen MR) is 116 cm³/mol. The molecule has 0 aliphatic rings. The lowest BCUT2D eigenvalue weighted by Gasteiger charge is -2.09. The van der Waals surface area contributed by atoms with Gasteiger partial charge < -0.3 is 0 Å². The third-order valence-electron chi connectivity index (χ3n) is 4.18. The van der Waals surface area contributed by atoms with Crippen LogP contribution in [0.2, 0.25) is 5.02 Å². The molecular formula is C22H17ClN4S. The van der Waals surface area contributed by atoms with Crippen LogP contribution in [0.5, 0.6) is 0 Å². The number of rotatable bonds is 4. The maximum Gasteiger partial charge on any atom is 0.215 e. The third-order valence-corrected chi connectivity index (χ3v) is 5.25. The monoisotopic (exact) mass is 404 g/mol. The molecule has 6 heteroatoms. The van der Waals surface area contributed by atoms with E-state index in [9.17, 15) is 0 Å². The number of halogens is 1. The van der Waals surface area contributed by atoms with Gasteiger partial charge in [0.1, 0.15) is 0 Å². The summed E-state index contributed by atoms with van der Waals surface area (Å²) in [5, 5.41) is 11.7. The zero-order valence-corrected chi connectivity index (χ0v) is 16.7. The summed E-state index contributed by atoms with van der Waals surface area (Å²) >= 11 is 7.60. The summed E-state index contributed by atoms with van der Waals surface area (Å²) in [5.74, 6) is 0. The van der Waals surface area contributed by atoms with Gasteiger partial charge in [-0.25, -0.2) is 0 Å². The van der Waals surface area contributed by atoms with Gasteiger partial charge in [0.2, 0.25) is 4.80 Å². The third kappa shape index (κ3) is 3.96. The van der Waals surface area contributed by atoms with Gasteiger partial charge in [-0.3, -0.25) is 9.55 Å². The van der Waals surface area contributed by atoms with Crippen LogP contribution in [0.15, 0.2) is 94.6 Å². The Kier molecular flexibility index (Phi) is 5.46. The van der Waals surface area contributed by atoms with E-state index in [0.717, 1.165) is 33.2 Å². The lowest BCUT2D eigenvalue weighted by molar-refractivity contribution is 0.969. The molecule has 4 aromatic rings. The second-order valence-electron chi connectivity index (χ2n) is 6.08. The fraction of sp³-hybridized carbons (Fsp3) is 0.0455. The van der Waals surface area contributed by atoms with Crippen LogP contribution in [-0.4, -0.2) is 15.3 Å². The Balaban J connectivity index is 1.85. The predicted octanol–water partition coefficient (Wildman–Crippen LogP) is 5.58. The van der Waals surface area contributed by atoms with E-state index in [-0.39, 0.29) is 0 Å². The van der Waals surface area contributed by atoms with Crippen LogP contribution < -0.4 is 4.80 Å². The zero-order chi connectivity index (χ0) is 19.3. The number of aromatic nitrogens is 2. The maximum absolute atomic E-state index is 6.06. The van der Waals surface area contributed by atoms with E-state index in [1.54, 1.807) is 17.5 Å².